The Morgan fingerprint density at radius 2 is 2.05 bits per heavy atom. The summed E-state index contributed by atoms with van der Waals surface area (Å²) in [7, 11) is 0. The topological polar surface area (TPSA) is 84.4 Å². The Bertz CT molecular complexity index is 461. The lowest BCUT2D eigenvalue weighted by Gasteiger charge is -2.20. The van der Waals surface area contributed by atoms with Gasteiger partial charge in [-0.05, 0) is 51.5 Å². The van der Waals surface area contributed by atoms with Crippen LogP contribution in [0.5, 0.6) is 0 Å². The molecule has 1 aromatic rings. The van der Waals surface area contributed by atoms with Gasteiger partial charge in [0.05, 0.1) is 4.92 Å². The minimum absolute atomic E-state index is 0.0465. The summed E-state index contributed by atoms with van der Waals surface area (Å²) in [6.07, 6.45) is 2.17. The third-order valence-electron chi connectivity index (χ3n) is 3.64. The largest absolute Gasteiger partial charge is 0.393 e. The van der Waals surface area contributed by atoms with Gasteiger partial charge in [-0.15, -0.1) is 0 Å². The van der Waals surface area contributed by atoms with Gasteiger partial charge in [-0.25, -0.2) is 0 Å². The molecule has 0 radical (unpaired) electrons. The molecule has 6 nitrogen and oxygen atoms in total. The van der Waals surface area contributed by atoms with E-state index in [0.29, 0.717) is 6.04 Å². The SMILES string of the molecule is CCN(CC)CCCC(C)Nc1ccc([N+](=O)[O-])c(N)c1. The number of benzene rings is 1. The molecule has 118 valence electrons. The van der Waals surface area contributed by atoms with Crippen molar-refractivity contribution >= 4 is 17.1 Å². The van der Waals surface area contributed by atoms with E-state index in [1.54, 1.807) is 12.1 Å². The van der Waals surface area contributed by atoms with Gasteiger partial charge >= 0.3 is 0 Å². The van der Waals surface area contributed by atoms with E-state index in [9.17, 15) is 10.1 Å². The fraction of sp³-hybridized carbons (Fsp3) is 0.600. The number of nitrogen functional groups attached to an aromatic ring is 1. The number of hydrogen-bond acceptors (Lipinski definition) is 5. The van der Waals surface area contributed by atoms with E-state index in [1.807, 2.05) is 0 Å². The maximum absolute atomic E-state index is 10.7. The molecule has 0 amide bonds. The van der Waals surface area contributed by atoms with Gasteiger partial charge in [0.25, 0.3) is 5.69 Å². The summed E-state index contributed by atoms with van der Waals surface area (Å²) >= 11 is 0. The predicted molar refractivity (Wildman–Crippen MR) is 87.6 cm³/mol. The molecule has 3 N–H and O–H groups in total. The first kappa shape index (κ1) is 17.2. The van der Waals surface area contributed by atoms with Gasteiger partial charge in [-0.1, -0.05) is 13.8 Å². The molecule has 0 aliphatic rings. The Morgan fingerprint density at radius 1 is 1.38 bits per heavy atom. The number of nitrogens with two attached hydrogens (primary N) is 1. The van der Waals surface area contributed by atoms with Crippen molar-refractivity contribution in [1.82, 2.24) is 4.90 Å². The van der Waals surface area contributed by atoms with Crippen molar-refractivity contribution in [3.8, 4) is 0 Å². The van der Waals surface area contributed by atoms with E-state index in [2.05, 4.69) is 31.0 Å². The molecule has 1 rings (SSSR count). The Morgan fingerprint density at radius 3 is 2.57 bits per heavy atom. The van der Waals surface area contributed by atoms with Crippen molar-refractivity contribution in [2.75, 3.05) is 30.7 Å². The Hall–Kier alpha value is -1.82. The molecule has 0 bridgehead atoms. The highest BCUT2D eigenvalue weighted by Gasteiger charge is 2.12. The summed E-state index contributed by atoms with van der Waals surface area (Å²) < 4.78 is 0. The second-order valence-corrected chi connectivity index (χ2v) is 5.25. The van der Waals surface area contributed by atoms with Crippen molar-refractivity contribution in [3.05, 3.63) is 28.3 Å². The Labute approximate surface area is 126 Å². The lowest BCUT2D eigenvalue weighted by Crippen LogP contribution is -2.25. The Kier molecular flexibility index (Phi) is 6.94. The summed E-state index contributed by atoms with van der Waals surface area (Å²) in [5, 5.41) is 14.1. The van der Waals surface area contributed by atoms with Crippen LogP contribution >= 0.6 is 0 Å². The van der Waals surface area contributed by atoms with Crippen LogP contribution < -0.4 is 11.1 Å². The van der Waals surface area contributed by atoms with Gasteiger partial charge < -0.3 is 16.0 Å². The van der Waals surface area contributed by atoms with Crippen LogP contribution in [-0.2, 0) is 0 Å². The number of anilines is 2. The van der Waals surface area contributed by atoms with E-state index < -0.39 is 4.92 Å². The molecular weight excluding hydrogens is 268 g/mol. The molecule has 0 aliphatic heterocycles. The first-order valence-corrected chi connectivity index (χ1v) is 7.50. The molecule has 6 heteroatoms. The van der Waals surface area contributed by atoms with Crippen LogP contribution in [0.3, 0.4) is 0 Å². The normalized spacial score (nSPS) is 12.4. The van der Waals surface area contributed by atoms with Crippen LogP contribution in [0, 0.1) is 10.1 Å². The maximum Gasteiger partial charge on any atom is 0.292 e. The summed E-state index contributed by atoms with van der Waals surface area (Å²) in [6, 6.07) is 5.08. The lowest BCUT2D eigenvalue weighted by molar-refractivity contribution is -0.383. The molecule has 0 aliphatic carbocycles. The molecule has 0 spiro atoms. The number of rotatable bonds is 9. The molecule has 1 atom stereocenters. The Balaban J connectivity index is 2.46. The zero-order valence-corrected chi connectivity index (χ0v) is 13.1. The van der Waals surface area contributed by atoms with Crippen LogP contribution in [0.15, 0.2) is 18.2 Å². The number of hydrogen-bond donors (Lipinski definition) is 2. The van der Waals surface area contributed by atoms with Crippen LogP contribution in [0.25, 0.3) is 0 Å². The van der Waals surface area contributed by atoms with Gasteiger partial charge in [0.15, 0.2) is 0 Å². The van der Waals surface area contributed by atoms with Crippen LogP contribution in [0.4, 0.5) is 17.1 Å². The first-order valence-electron chi connectivity index (χ1n) is 7.50. The number of nitro benzene ring substituents is 1. The van der Waals surface area contributed by atoms with Gasteiger partial charge in [0.1, 0.15) is 5.69 Å². The highest BCUT2D eigenvalue weighted by molar-refractivity contribution is 5.65. The molecule has 0 saturated heterocycles. The monoisotopic (exact) mass is 294 g/mol. The fourth-order valence-electron chi connectivity index (χ4n) is 2.33. The van der Waals surface area contributed by atoms with Crippen LogP contribution in [-0.4, -0.2) is 35.5 Å². The van der Waals surface area contributed by atoms with Gasteiger partial charge in [0, 0.05) is 17.8 Å². The van der Waals surface area contributed by atoms with Crippen molar-refractivity contribution in [2.45, 2.75) is 39.7 Å². The average molecular weight is 294 g/mol. The van der Waals surface area contributed by atoms with Crippen molar-refractivity contribution in [3.63, 3.8) is 0 Å². The molecule has 1 aromatic carbocycles. The molecule has 21 heavy (non-hydrogen) atoms. The second kappa shape index (κ2) is 8.46. The standard InChI is InChI=1S/C15H26N4O2/c1-4-18(5-2)10-6-7-12(3)17-13-8-9-15(19(20)21)14(16)11-13/h8-9,11-12,17H,4-7,10,16H2,1-3H3. The van der Waals surface area contributed by atoms with Gasteiger partial charge in [-0.3, -0.25) is 10.1 Å². The highest BCUT2D eigenvalue weighted by atomic mass is 16.6. The van der Waals surface area contributed by atoms with E-state index in [-0.39, 0.29) is 11.4 Å². The molecule has 0 saturated carbocycles. The van der Waals surface area contributed by atoms with Gasteiger partial charge in [-0.2, -0.15) is 0 Å². The van der Waals surface area contributed by atoms with E-state index in [4.69, 9.17) is 5.73 Å². The fourth-order valence-corrected chi connectivity index (χ4v) is 2.33. The first-order chi connectivity index (χ1) is 9.97. The van der Waals surface area contributed by atoms with Crippen molar-refractivity contribution < 1.29 is 4.92 Å². The zero-order valence-electron chi connectivity index (χ0n) is 13.1. The van der Waals surface area contributed by atoms with Crippen molar-refractivity contribution in [2.24, 2.45) is 0 Å². The molecular formula is C15H26N4O2. The smallest absolute Gasteiger partial charge is 0.292 e. The zero-order chi connectivity index (χ0) is 15.8. The quantitative estimate of drug-likeness (QED) is 0.415. The lowest BCUT2D eigenvalue weighted by atomic mass is 10.1. The molecule has 0 fully saturated rings. The second-order valence-electron chi connectivity index (χ2n) is 5.25. The third kappa shape index (κ3) is 5.59. The highest BCUT2D eigenvalue weighted by Crippen LogP contribution is 2.25. The third-order valence-corrected chi connectivity index (χ3v) is 3.64. The van der Waals surface area contributed by atoms with Crippen LogP contribution in [0.2, 0.25) is 0 Å². The summed E-state index contributed by atoms with van der Waals surface area (Å²) in [4.78, 5) is 12.7. The molecule has 1 unspecified atom stereocenters. The predicted octanol–water partition coefficient (Wildman–Crippen LogP) is 3.10. The summed E-state index contributed by atoms with van der Waals surface area (Å²) in [6.45, 7) is 9.71. The number of nitrogens with zero attached hydrogens (tertiary/aromatic N) is 2. The summed E-state index contributed by atoms with van der Waals surface area (Å²) in [5.41, 5.74) is 6.66. The van der Waals surface area contributed by atoms with E-state index in [0.717, 1.165) is 38.2 Å². The number of nitrogens with one attached hydrogen (secondary N) is 1. The number of nitro groups is 1. The van der Waals surface area contributed by atoms with E-state index in [1.165, 1.54) is 6.07 Å². The van der Waals surface area contributed by atoms with E-state index >= 15 is 0 Å². The van der Waals surface area contributed by atoms with Gasteiger partial charge in [0.2, 0.25) is 0 Å². The molecule has 0 aromatic heterocycles. The molecule has 0 heterocycles. The average Bonchev–Trinajstić information content (AvgIpc) is 2.43. The van der Waals surface area contributed by atoms with Crippen LogP contribution in [0.1, 0.15) is 33.6 Å². The minimum Gasteiger partial charge on any atom is -0.393 e. The minimum atomic E-state index is -0.466. The summed E-state index contributed by atoms with van der Waals surface area (Å²) in [5.74, 6) is 0. The maximum atomic E-state index is 10.7. The van der Waals surface area contributed by atoms with Crippen molar-refractivity contribution in [1.29, 1.82) is 0 Å².